The van der Waals surface area contributed by atoms with Gasteiger partial charge in [-0.3, -0.25) is 4.68 Å². The minimum atomic E-state index is 0.436. The molecule has 0 atom stereocenters. The van der Waals surface area contributed by atoms with E-state index in [9.17, 15) is 0 Å². The normalized spacial score (nSPS) is 11.1. The molecule has 0 saturated heterocycles. The van der Waals surface area contributed by atoms with Gasteiger partial charge in [0.2, 0.25) is 0 Å². The molecule has 20 heavy (non-hydrogen) atoms. The maximum absolute atomic E-state index is 5.71. The third-order valence-corrected chi connectivity index (χ3v) is 3.83. The lowest BCUT2D eigenvalue weighted by Gasteiger charge is -2.07. The maximum atomic E-state index is 5.71. The highest BCUT2D eigenvalue weighted by Gasteiger charge is 2.05. The monoisotopic (exact) mass is 284 g/mol. The molecule has 2 N–H and O–H groups in total. The Morgan fingerprint density at radius 2 is 2.15 bits per heavy atom. The molecule has 0 fully saturated rings. The molecule has 3 rings (SSSR count). The summed E-state index contributed by atoms with van der Waals surface area (Å²) in [4.78, 5) is 0.436. The van der Waals surface area contributed by atoms with Crippen LogP contribution in [0.5, 0.6) is 0 Å². The van der Waals surface area contributed by atoms with E-state index in [2.05, 4.69) is 34.1 Å². The van der Waals surface area contributed by atoms with Crippen LogP contribution in [0.4, 0.5) is 0 Å². The lowest BCUT2D eigenvalue weighted by Crippen LogP contribution is -2.09. The van der Waals surface area contributed by atoms with Crippen LogP contribution in [0.3, 0.4) is 0 Å². The third-order valence-electron chi connectivity index (χ3n) is 3.59. The molecule has 0 aliphatic rings. The van der Waals surface area contributed by atoms with Gasteiger partial charge in [0.1, 0.15) is 4.99 Å². The van der Waals surface area contributed by atoms with Crippen LogP contribution < -0.4 is 5.73 Å². The van der Waals surface area contributed by atoms with E-state index < -0.39 is 0 Å². The molecule has 2 heterocycles. The highest BCUT2D eigenvalue weighted by atomic mass is 32.1. The summed E-state index contributed by atoms with van der Waals surface area (Å²) in [5, 5.41) is 5.39. The standard InChI is InChI=1S/C15H16N4S/c1-18-13(4-7-17-18)6-9-19-8-5-11-2-3-12(15(16)20)10-14(11)19/h2-5,7-8,10H,6,9H2,1H3,(H2,16,20). The van der Waals surface area contributed by atoms with Gasteiger partial charge in [0.15, 0.2) is 0 Å². The fourth-order valence-electron chi connectivity index (χ4n) is 2.41. The van der Waals surface area contributed by atoms with Crippen molar-refractivity contribution in [1.29, 1.82) is 0 Å². The molecule has 102 valence electrons. The van der Waals surface area contributed by atoms with Crippen molar-refractivity contribution in [2.45, 2.75) is 13.0 Å². The molecule has 0 unspecified atom stereocenters. The molecular weight excluding hydrogens is 268 g/mol. The van der Waals surface area contributed by atoms with E-state index in [1.807, 2.05) is 30.1 Å². The van der Waals surface area contributed by atoms with Crippen molar-refractivity contribution < 1.29 is 0 Å². The third kappa shape index (κ3) is 2.32. The van der Waals surface area contributed by atoms with Crippen molar-refractivity contribution in [1.82, 2.24) is 14.3 Å². The first-order valence-corrected chi connectivity index (χ1v) is 6.91. The summed E-state index contributed by atoms with van der Waals surface area (Å²) in [5.41, 5.74) is 9.00. The first kappa shape index (κ1) is 12.9. The summed E-state index contributed by atoms with van der Waals surface area (Å²) in [5.74, 6) is 0. The van der Waals surface area contributed by atoms with Crippen LogP contribution in [0.2, 0.25) is 0 Å². The van der Waals surface area contributed by atoms with Crippen molar-refractivity contribution in [3.63, 3.8) is 0 Å². The van der Waals surface area contributed by atoms with Gasteiger partial charge in [0.25, 0.3) is 0 Å². The number of aromatic nitrogens is 3. The number of nitrogens with two attached hydrogens (primary N) is 1. The van der Waals surface area contributed by atoms with E-state index in [0.717, 1.165) is 24.0 Å². The van der Waals surface area contributed by atoms with Crippen LogP contribution in [-0.2, 0) is 20.0 Å². The maximum Gasteiger partial charge on any atom is 0.104 e. The van der Waals surface area contributed by atoms with E-state index in [4.69, 9.17) is 18.0 Å². The summed E-state index contributed by atoms with van der Waals surface area (Å²) in [7, 11) is 1.97. The van der Waals surface area contributed by atoms with Gasteiger partial charge in [0, 0.05) is 49.2 Å². The van der Waals surface area contributed by atoms with Gasteiger partial charge in [0.05, 0.1) is 0 Å². The number of fused-ring (bicyclic) bond motifs is 1. The van der Waals surface area contributed by atoms with E-state index in [1.165, 1.54) is 11.1 Å². The Bertz CT molecular complexity index is 769. The zero-order chi connectivity index (χ0) is 14.1. The van der Waals surface area contributed by atoms with Crippen molar-refractivity contribution in [2.75, 3.05) is 0 Å². The number of nitrogens with zero attached hydrogens (tertiary/aromatic N) is 3. The summed E-state index contributed by atoms with van der Waals surface area (Å²) in [6.07, 6.45) is 4.87. The van der Waals surface area contributed by atoms with Crippen LogP contribution >= 0.6 is 12.2 Å². The summed E-state index contributed by atoms with van der Waals surface area (Å²) >= 11 is 5.05. The first-order chi connectivity index (χ1) is 9.65. The quantitative estimate of drug-likeness (QED) is 0.748. The van der Waals surface area contributed by atoms with E-state index in [0.29, 0.717) is 4.99 Å². The lowest BCUT2D eigenvalue weighted by atomic mass is 10.1. The minimum Gasteiger partial charge on any atom is -0.389 e. The summed E-state index contributed by atoms with van der Waals surface area (Å²) < 4.78 is 4.14. The lowest BCUT2D eigenvalue weighted by molar-refractivity contribution is 0.649. The number of benzene rings is 1. The predicted octanol–water partition coefficient (Wildman–Crippen LogP) is 2.25. The Kier molecular flexibility index (Phi) is 3.28. The van der Waals surface area contributed by atoms with Crippen LogP contribution in [0.1, 0.15) is 11.3 Å². The number of rotatable bonds is 4. The molecule has 4 nitrogen and oxygen atoms in total. The Morgan fingerprint density at radius 3 is 2.85 bits per heavy atom. The highest BCUT2D eigenvalue weighted by Crippen LogP contribution is 2.18. The number of thiocarbonyl (C=S) groups is 1. The van der Waals surface area contributed by atoms with Gasteiger partial charge < -0.3 is 10.3 Å². The Morgan fingerprint density at radius 1 is 1.30 bits per heavy atom. The van der Waals surface area contributed by atoms with E-state index in [1.54, 1.807) is 0 Å². The van der Waals surface area contributed by atoms with Crippen LogP contribution in [0.25, 0.3) is 10.9 Å². The van der Waals surface area contributed by atoms with Crippen LogP contribution in [0, 0.1) is 0 Å². The molecule has 0 aliphatic heterocycles. The second kappa shape index (κ2) is 5.09. The fourth-order valence-corrected chi connectivity index (χ4v) is 2.54. The Balaban J connectivity index is 1.89. The van der Waals surface area contributed by atoms with E-state index >= 15 is 0 Å². The predicted molar refractivity (Wildman–Crippen MR) is 84.7 cm³/mol. The number of aryl methyl sites for hydroxylation is 3. The topological polar surface area (TPSA) is 48.8 Å². The molecule has 0 spiro atoms. The van der Waals surface area contributed by atoms with E-state index in [-0.39, 0.29) is 0 Å². The van der Waals surface area contributed by atoms with Gasteiger partial charge in [-0.05, 0) is 23.6 Å². The van der Waals surface area contributed by atoms with Crippen LogP contribution in [0.15, 0.2) is 42.7 Å². The Hall–Kier alpha value is -2.14. The molecule has 0 saturated carbocycles. The molecule has 0 bridgehead atoms. The zero-order valence-corrected chi connectivity index (χ0v) is 12.1. The number of hydrogen-bond acceptors (Lipinski definition) is 2. The smallest absolute Gasteiger partial charge is 0.104 e. The van der Waals surface area contributed by atoms with Gasteiger partial charge in [-0.2, -0.15) is 5.10 Å². The first-order valence-electron chi connectivity index (χ1n) is 6.51. The molecule has 0 amide bonds. The van der Waals surface area contributed by atoms with Crippen molar-refractivity contribution in [3.8, 4) is 0 Å². The van der Waals surface area contributed by atoms with Gasteiger partial charge in [-0.15, -0.1) is 0 Å². The zero-order valence-electron chi connectivity index (χ0n) is 11.3. The molecule has 0 radical (unpaired) electrons. The summed E-state index contributed by atoms with van der Waals surface area (Å²) in [6, 6.07) is 10.2. The van der Waals surface area contributed by atoms with Crippen molar-refractivity contribution in [3.05, 3.63) is 54.0 Å². The molecule has 0 aliphatic carbocycles. The molecule has 3 aromatic rings. The average molecular weight is 284 g/mol. The largest absolute Gasteiger partial charge is 0.389 e. The summed E-state index contributed by atoms with van der Waals surface area (Å²) in [6.45, 7) is 0.907. The minimum absolute atomic E-state index is 0.436. The molecule has 1 aromatic carbocycles. The van der Waals surface area contributed by atoms with Gasteiger partial charge in [-0.1, -0.05) is 24.4 Å². The van der Waals surface area contributed by atoms with Gasteiger partial charge in [-0.25, -0.2) is 0 Å². The van der Waals surface area contributed by atoms with Crippen LogP contribution in [-0.4, -0.2) is 19.3 Å². The second-order valence-corrected chi connectivity index (χ2v) is 5.28. The highest BCUT2D eigenvalue weighted by molar-refractivity contribution is 7.80. The molecule has 2 aromatic heterocycles. The van der Waals surface area contributed by atoms with Crippen molar-refractivity contribution in [2.24, 2.45) is 12.8 Å². The fraction of sp³-hybridized carbons (Fsp3) is 0.200. The molecular formula is C15H16N4S. The number of hydrogen-bond donors (Lipinski definition) is 1. The van der Waals surface area contributed by atoms with Crippen molar-refractivity contribution >= 4 is 28.1 Å². The second-order valence-electron chi connectivity index (χ2n) is 4.84. The molecule has 5 heteroatoms. The average Bonchev–Trinajstić information content (AvgIpc) is 3.02. The Labute approximate surface area is 122 Å². The van der Waals surface area contributed by atoms with Gasteiger partial charge >= 0.3 is 0 Å². The SMILES string of the molecule is Cn1nccc1CCn1ccc2ccc(C(N)=S)cc21.